The zero-order valence-electron chi connectivity index (χ0n) is 17.6. The maximum absolute atomic E-state index is 11.8. The molecule has 1 aliphatic heterocycles. The van der Waals surface area contributed by atoms with Crippen molar-refractivity contribution < 1.29 is 9.53 Å². The number of hydrogen-bond donors (Lipinski definition) is 2. The number of nitrogens with one attached hydrogen (secondary N) is 2. The lowest BCUT2D eigenvalue weighted by molar-refractivity contribution is -0.119. The molecule has 0 aliphatic carbocycles. The van der Waals surface area contributed by atoms with Crippen LogP contribution in [0.15, 0.2) is 42.5 Å². The van der Waals surface area contributed by atoms with Gasteiger partial charge in [-0.3, -0.25) is 9.69 Å². The van der Waals surface area contributed by atoms with E-state index < -0.39 is 0 Å². The van der Waals surface area contributed by atoms with Crippen LogP contribution in [0.25, 0.3) is 10.9 Å². The molecule has 1 aliphatic rings. The molecule has 2 aromatic carbocycles. The molecular formula is C24H29N3O2. The molecule has 152 valence electrons. The van der Waals surface area contributed by atoms with Crippen LogP contribution in [0.1, 0.15) is 35.2 Å². The van der Waals surface area contributed by atoms with Gasteiger partial charge in [0, 0.05) is 49.6 Å². The van der Waals surface area contributed by atoms with Crippen molar-refractivity contribution >= 4 is 16.8 Å². The normalized spacial score (nSPS) is 19.6. The minimum Gasteiger partial charge on any atom is -0.497 e. The molecule has 0 saturated carbocycles. The summed E-state index contributed by atoms with van der Waals surface area (Å²) in [4.78, 5) is 17.8. The maximum Gasteiger partial charge on any atom is 0.217 e. The van der Waals surface area contributed by atoms with Crippen molar-refractivity contribution in [1.82, 2.24) is 15.2 Å². The van der Waals surface area contributed by atoms with Crippen LogP contribution >= 0.6 is 0 Å². The van der Waals surface area contributed by atoms with Crippen LogP contribution in [-0.2, 0) is 11.3 Å². The maximum atomic E-state index is 11.8. The van der Waals surface area contributed by atoms with Gasteiger partial charge in [-0.25, -0.2) is 0 Å². The number of benzene rings is 2. The Labute approximate surface area is 172 Å². The fourth-order valence-corrected chi connectivity index (χ4v) is 4.53. The summed E-state index contributed by atoms with van der Waals surface area (Å²) >= 11 is 0. The van der Waals surface area contributed by atoms with Crippen molar-refractivity contribution in [1.29, 1.82) is 0 Å². The molecule has 2 heterocycles. The molecule has 4 rings (SSSR count). The molecule has 1 amide bonds. The van der Waals surface area contributed by atoms with Gasteiger partial charge in [0.15, 0.2) is 0 Å². The third-order valence-electron chi connectivity index (χ3n) is 6.15. The van der Waals surface area contributed by atoms with Crippen LogP contribution in [0.3, 0.4) is 0 Å². The van der Waals surface area contributed by atoms with E-state index >= 15 is 0 Å². The first kappa shape index (κ1) is 19.5. The molecule has 0 unspecified atom stereocenters. The van der Waals surface area contributed by atoms with Gasteiger partial charge in [0.1, 0.15) is 5.75 Å². The number of likely N-dealkylation sites (tertiary alicyclic amines) is 1. The van der Waals surface area contributed by atoms with Crippen molar-refractivity contribution in [3.05, 3.63) is 64.8 Å². The second-order valence-electron chi connectivity index (χ2n) is 8.10. The number of carbonyl (C=O) groups is 1. The highest BCUT2D eigenvalue weighted by Gasteiger charge is 2.34. The summed E-state index contributed by atoms with van der Waals surface area (Å²) in [5.74, 6) is 1.13. The Hall–Kier alpha value is -2.79. The fourth-order valence-electron chi connectivity index (χ4n) is 4.53. The first-order chi connectivity index (χ1) is 14.0. The smallest absolute Gasteiger partial charge is 0.217 e. The Morgan fingerprint density at radius 2 is 1.93 bits per heavy atom. The van der Waals surface area contributed by atoms with E-state index in [-0.39, 0.29) is 17.9 Å². The number of nitrogens with zero attached hydrogens (tertiary/aromatic N) is 1. The van der Waals surface area contributed by atoms with Gasteiger partial charge in [-0.1, -0.05) is 30.3 Å². The predicted octanol–water partition coefficient (Wildman–Crippen LogP) is 3.90. The van der Waals surface area contributed by atoms with Crippen LogP contribution < -0.4 is 10.1 Å². The summed E-state index contributed by atoms with van der Waals surface area (Å²) < 4.78 is 5.29. The molecule has 3 aromatic rings. The molecule has 0 spiro atoms. The van der Waals surface area contributed by atoms with E-state index in [4.69, 9.17) is 4.74 Å². The number of para-hydroxylation sites is 1. The summed E-state index contributed by atoms with van der Waals surface area (Å²) in [6, 6.07) is 14.8. The van der Waals surface area contributed by atoms with Crippen molar-refractivity contribution in [3.8, 4) is 5.75 Å². The summed E-state index contributed by atoms with van der Waals surface area (Å²) in [7, 11) is 1.68. The van der Waals surface area contributed by atoms with Gasteiger partial charge in [-0.2, -0.15) is 0 Å². The number of H-pyrrole nitrogens is 1. The van der Waals surface area contributed by atoms with Gasteiger partial charge in [0.25, 0.3) is 0 Å². The first-order valence-electron chi connectivity index (χ1n) is 10.2. The Bertz CT molecular complexity index is 1020. The van der Waals surface area contributed by atoms with Crippen LogP contribution in [0, 0.1) is 13.8 Å². The predicted molar refractivity (Wildman–Crippen MR) is 116 cm³/mol. The third kappa shape index (κ3) is 3.87. The summed E-state index contributed by atoms with van der Waals surface area (Å²) in [6.45, 7) is 8.50. The van der Waals surface area contributed by atoms with Gasteiger partial charge in [-0.05, 0) is 42.7 Å². The second-order valence-corrected chi connectivity index (χ2v) is 8.10. The van der Waals surface area contributed by atoms with E-state index in [0.29, 0.717) is 0 Å². The van der Waals surface area contributed by atoms with Gasteiger partial charge < -0.3 is 15.0 Å². The van der Waals surface area contributed by atoms with Gasteiger partial charge >= 0.3 is 0 Å². The fraction of sp³-hybridized carbons (Fsp3) is 0.375. The minimum atomic E-state index is 0.0214. The van der Waals surface area contributed by atoms with Crippen molar-refractivity contribution in [2.24, 2.45) is 0 Å². The molecule has 5 nitrogen and oxygen atoms in total. The van der Waals surface area contributed by atoms with E-state index in [2.05, 4.69) is 59.4 Å². The van der Waals surface area contributed by atoms with Gasteiger partial charge in [-0.15, -0.1) is 0 Å². The largest absolute Gasteiger partial charge is 0.497 e. The highest BCUT2D eigenvalue weighted by molar-refractivity contribution is 5.87. The van der Waals surface area contributed by atoms with Gasteiger partial charge in [0.2, 0.25) is 5.91 Å². The van der Waals surface area contributed by atoms with Crippen LogP contribution in [0.4, 0.5) is 0 Å². The van der Waals surface area contributed by atoms with Crippen LogP contribution in [0.5, 0.6) is 5.75 Å². The van der Waals surface area contributed by atoms with E-state index in [1.54, 1.807) is 14.0 Å². The first-order valence-corrected chi connectivity index (χ1v) is 10.2. The summed E-state index contributed by atoms with van der Waals surface area (Å²) in [5.41, 5.74) is 6.30. The van der Waals surface area contributed by atoms with E-state index in [1.165, 1.54) is 33.3 Å². The Balaban J connectivity index is 1.59. The topological polar surface area (TPSA) is 57.4 Å². The molecule has 1 saturated heterocycles. The molecule has 1 fully saturated rings. The Morgan fingerprint density at radius 1 is 1.17 bits per heavy atom. The third-order valence-corrected chi connectivity index (χ3v) is 6.15. The number of methoxy groups -OCH3 is 1. The highest BCUT2D eigenvalue weighted by atomic mass is 16.5. The van der Waals surface area contributed by atoms with Crippen molar-refractivity contribution in [2.45, 2.75) is 39.3 Å². The van der Waals surface area contributed by atoms with Crippen molar-refractivity contribution in [3.63, 3.8) is 0 Å². The Morgan fingerprint density at radius 3 is 2.62 bits per heavy atom. The average molecular weight is 392 g/mol. The number of aryl methyl sites for hydroxylation is 2. The number of aromatic amines is 1. The molecule has 5 heteroatoms. The molecule has 29 heavy (non-hydrogen) atoms. The lowest BCUT2D eigenvalue weighted by Crippen LogP contribution is -2.38. The number of hydrogen-bond acceptors (Lipinski definition) is 3. The molecule has 0 radical (unpaired) electrons. The quantitative estimate of drug-likeness (QED) is 0.694. The number of carbonyl (C=O) groups excluding carboxylic acids is 1. The van der Waals surface area contributed by atoms with Crippen molar-refractivity contribution in [2.75, 3.05) is 20.2 Å². The zero-order valence-corrected chi connectivity index (χ0v) is 17.6. The number of rotatable bonds is 5. The van der Waals surface area contributed by atoms with E-state index in [0.717, 1.165) is 25.4 Å². The van der Waals surface area contributed by atoms with Crippen LogP contribution in [-0.4, -0.2) is 42.0 Å². The number of ether oxygens (including phenoxy) is 1. The molecule has 2 N–H and O–H groups in total. The van der Waals surface area contributed by atoms with Crippen LogP contribution in [0.2, 0.25) is 0 Å². The second kappa shape index (κ2) is 7.91. The summed E-state index contributed by atoms with van der Waals surface area (Å²) in [5, 5.41) is 4.46. The molecular weight excluding hydrogens is 362 g/mol. The molecule has 0 bridgehead atoms. The highest BCUT2D eigenvalue weighted by Crippen LogP contribution is 2.31. The standard InChI is InChI=1S/C24H29N3O2/c1-15-16(2)25-24-19(6-5-7-21(15)24)12-27-13-22(23(14-27)26-17(3)28)18-8-10-20(29-4)11-9-18/h5-11,22-23,25H,12-14H2,1-4H3,(H,26,28)/t22-,23+/m1/s1. The zero-order chi connectivity index (χ0) is 20.5. The minimum absolute atomic E-state index is 0.0214. The number of fused-ring (bicyclic) bond motifs is 1. The number of amides is 1. The van der Waals surface area contributed by atoms with E-state index in [1.807, 2.05) is 12.1 Å². The lowest BCUT2D eigenvalue weighted by Gasteiger charge is -2.19. The average Bonchev–Trinajstić information content (AvgIpc) is 3.23. The SMILES string of the molecule is COc1ccc([C@H]2CN(Cc3cccc4c(C)c(C)[nH]c34)C[C@@H]2NC(C)=O)cc1. The van der Waals surface area contributed by atoms with Gasteiger partial charge in [0.05, 0.1) is 12.6 Å². The monoisotopic (exact) mass is 391 g/mol. The van der Waals surface area contributed by atoms with E-state index in [9.17, 15) is 4.79 Å². The molecule has 1 aromatic heterocycles. The lowest BCUT2D eigenvalue weighted by atomic mass is 9.94. The molecule has 2 atom stereocenters. The summed E-state index contributed by atoms with van der Waals surface area (Å²) in [6.07, 6.45) is 0. The number of aromatic nitrogens is 1. The Kier molecular flexibility index (Phi) is 5.33.